The lowest BCUT2D eigenvalue weighted by Crippen LogP contribution is -2.33. The first kappa shape index (κ1) is 20.9. The molecule has 1 saturated heterocycles. The van der Waals surface area contributed by atoms with Crippen LogP contribution in [-0.2, 0) is 17.8 Å². The van der Waals surface area contributed by atoms with Gasteiger partial charge in [0.2, 0.25) is 11.8 Å². The van der Waals surface area contributed by atoms with Crippen molar-refractivity contribution in [2.45, 2.75) is 25.9 Å². The highest BCUT2D eigenvalue weighted by molar-refractivity contribution is 5.95. The summed E-state index contributed by atoms with van der Waals surface area (Å²) in [5.41, 5.74) is 7.65. The van der Waals surface area contributed by atoms with E-state index >= 15 is 0 Å². The van der Waals surface area contributed by atoms with Crippen molar-refractivity contribution < 1.29 is 14.3 Å². The lowest BCUT2D eigenvalue weighted by atomic mass is 10.0. The molecule has 3 rings (SSSR count). The fourth-order valence-electron chi connectivity index (χ4n) is 3.41. The molecule has 2 aromatic carbocycles. The number of ether oxygens (including phenoxy) is 1. The number of carbonyl (C=O) groups is 2. The Bertz CT molecular complexity index is 817. The van der Waals surface area contributed by atoms with Crippen LogP contribution in [0, 0.1) is 6.42 Å². The van der Waals surface area contributed by atoms with Crippen molar-refractivity contribution in [3.8, 4) is 5.75 Å². The van der Waals surface area contributed by atoms with Crippen molar-refractivity contribution in [3.05, 3.63) is 71.6 Å². The Balaban J connectivity index is 1.50. The number of nitrogens with one attached hydrogen (secondary N) is 1. The van der Waals surface area contributed by atoms with Gasteiger partial charge in [-0.1, -0.05) is 36.4 Å². The van der Waals surface area contributed by atoms with E-state index in [2.05, 4.69) is 10.2 Å². The van der Waals surface area contributed by atoms with E-state index in [1.54, 1.807) is 24.6 Å². The average molecular weight is 394 g/mol. The molecule has 0 bridgehead atoms. The summed E-state index contributed by atoms with van der Waals surface area (Å²) in [7, 11) is 0. The van der Waals surface area contributed by atoms with E-state index in [0.29, 0.717) is 36.4 Å². The van der Waals surface area contributed by atoms with Crippen LogP contribution in [-0.4, -0.2) is 42.9 Å². The van der Waals surface area contributed by atoms with E-state index in [4.69, 9.17) is 10.5 Å². The van der Waals surface area contributed by atoms with Gasteiger partial charge in [0.05, 0.1) is 6.42 Å². The summed E-state index contributed by atoms with van der Waals surface area (Å²) in [6.07, 6.45) is 4.37. The summed E-state index contributed by atoms with van der Waals surface area (Å²) in [4.78, 5) is 26.3. The molecule has 153 valence electrons. The van der Waals surface area contributed by atoms with Gasteiger partial charge in [0.25, 0.3) is 0 Å². The van der Waals surface area contributed by atoms with Crippen LogP contribution in [0.4, 0.5) is 0 Å². The van der Waals surface area contributed by atoms with Crippen LogP contribution in [0.1, 0.15) is 34.3 Å². The van der Waals surface area contributed by atoms with Crippen molar-refractivity contribution in [1.29, 1.82) is 0 Å². The molecule has 0 saturated carbocycles. The molecule has 0 atom stereocenters. The highest BCUT2D eigenvalue weighted by Crippen LogP contribution is 2.20. The van der Waals surface area contributed by atoms with E-state index < -0.39 is 5.91 Å². The van der Waals surface area contributed by atoms with Gasteiger partial charge in [-0.05, 0) is 55.6 Å². The molecule has 0 aliphatic carbocycles. The van der Waals surface area contributed by atoms with Gasteiger partial charge in [-0.2, -0.15) is 0 Å². The predicted molar refractivity (Wildman–Crippen MR) is 112 cm³/mol. The first-order valence-electron chi connectivity index (χ1n) is 10.0. The number of primary amides is 1. The van der Waals surface area contributed by atoms with Crippen LogP contribution < -0.4 is 15.8 Å². The van der Waals surface area contributed by atoms with E-state index in [-0.39, 0.29) is 5.91 Å². The van der Waals surface area contributed by atoms with Crippen molar-refractivity contribution in [3.63, 3.8) is 0 Å². The Morgan fingerprint density at radius 1 is 1.10 bits per heavy atom. The first-order chi connectivity index (χ1) is 14.1. The fraction of sp³-hybridized carbons (Fsp3) is 0.348. The van der Waals surface area contributed by atoms with Gasteiger partial charge in [0, 0.05) is 18.7 Å². The number of nitrogens with zero attached hydrogens (tertiary/aromatic N) is 1. The van der Waals surface area contributed by atoms with Gasteiger partial charge in [-0.15, -0.1) is 0 Å². The lowest BCUT2D eigenvalue weighted by Gasteiger charge is -2.15. The summed E-state index contributed by atoms with van der Waals surface area (Å²) in [6.45, 7) is 4.13. The number of likely N-dealkylation sites (tertiary alicyclic amines) is 1. The molecule has 2 amide bonds. The van der Waals surface area contributed by atoms with Gasteiger partial charge >= 0.3 is 0 Å². The highest BCUT2D eigenvalue weighted by Gasteiger charge is 2.14. The molecular weight excluding hydrogens is 366 g/mol. The van der Waals surface area contributed by atoms with Crippen LogP contribution in [0.15, 0.2) is 48.5 Å². The Labute approximate surface area is 172 Å². The lowest BCUT2D eigenvalue weighted by molar-refractivity contribution is -0.117. The molecule has 1 aliphatic heterocycles. The van der Waals surface area contributed by atoms with Crippen LogP contribution >= 0.6 is 0 Å². The number of nitrogens with two attached hydrogens (primary N) is 1. The standard InChI is InChI=1S/C23H28N3O3/c24-23(28)21-16-20(29-17-18-6-2-1-3-7-18)10-8-19(21)9-11-22(27)25-12-15-26-13-4-5-14-26/h1-3,6-8,10-11,16H,4-5,9,12-15,17H2,(H2,24,28)(H,25,27). The third-order valence-electron chi connectivity index (χ3n) is 5.03. The van der Waals surface area contributed by atoms with E-state index in [1.807, 2.05) is 30.3 Å². The molecule has 0 aromatic heterocycles. The monoisotopic (exact) mass is 394 g/mol. The summed E-state index contributed by atoms with van der Waals surface area (Å²) >= 11 is 0. The van der Waals surface area contributed by atoms with Gasteiger partial charge < -0.3 is 20.7 Å². The van der Waals surface area contributed by atoms with Crippen LogP contribution in [0.2, 0.25) is 0 Å². The van der Waals surface area contributed by atoms with Crippen molar-refractivity contribution in [1.82, 2.24) is 10.2 Å². The summed E-state index contributed by atoms with van der Waals surface area (Å²) in [6, 6.07) is 15.0. The maximum Gasteiger partial charge on any atom is 0.249 e. The smallest absolute Gasteiger partial charge is 0.249 e. The minimum absolute atomic E-state index is 0.135. The largest absolute Gasteiger partial charge is 0.489 e. The molecule has 1 heterocycles. The number of rotatable bonds is 10. The third-order valence-corrected chi connectivity index (χ3v) is 5.03. The Morgan fingerprint density at radius 2 is 1.86 bits per heavy atom. The molecule has 3 N–H and O–H groups in total. The Kier molecular flexibility index (Phi) is 7.64. The quantitative estimate of drug-likeness (QED) is 0.648. The molecule has 6 heteroatoms. The summed E-state index contributed by atoms with van der Waals surface area (Å²) < 4.78 is 5.76. The summed E-state index contributed by atoms with van der Waals surface area (Å²) in [5, 5.41) is 2.90. The van der Waals surface area contributed by atoms with Crippen molar-refractivity contribution in [2.75, 3.05) is 26.2 Å². The number of carbonyl (C=O) groups excluding carboxylic acids is 2. The molecule has 29 heavy (non-hydrogen) atoms. The van der Waals surface area contributed by atoms with E-state index in [0.717, 1.165) is 25.2 Å². The number of benzene rings is 2. The zero-order valence-corrected chi connectivity index (χ0v) is 16.6. The second kappa shape index (κ2) is 10.6. The van der Waals surface area contributed by atoms with Crippen LogP contribution in [0.3, 0.4) is 0 Å². The third kappa shape index (κ3) is 6.61. The summed E-state index contributed by atoms with van der Waals surface area (Å²) in [5.74, 6) is -0.0986. The van der Waals surface area contributed by atoms with Gasteiger partial charge in [0.1, 0.15) is 12.4 Å². The maximum absolute atomic E-state index is 12.1. The Morgan fingerprint density at radius 3 is 2.59 bits per heavy atom. The maximum atomic E-state index is 12.1. The number of hydrogen-bond donors (Lipinski definition) is 2. The molecule has 1 aliphatic rings. The normalized spacial score (nSPS) is 13.9. The molecule has 2 aromatic rings. The van der Waals surface area contributed by atoms with Crippen molar-refractivity contribution in [2.24, 2.45) is 5.73 Å². The number of hydrogen-bond acceptors (Lipinski definition) is 4. The van der Waals surface area contributed by atoms with Gasteiger partial charge in [-0.25, -0.2) is 0 Å². The topological polar surface area (TPSA) is 84.7 Å². The SMILES string of the molecule is NC(=O)c1cc(OCc2ccccc2)ccc1C[CH]C(=O)NCCN1CCCC1. The van der Waals surface area contributed by atoms with Crippen LogP contribution in [0.25, 0.3) is 0 Å². The molecule has 1 radical (unpaired) electrons. The fourth-order valence-corrected chi connectivity index (χ4v) is 3.41. The van der Waals surface area contributed by atoms with Crippen molar-refractivity contribution >= 4 is 11.8 Å². The minimum atomic E-state index is -0.534. The zero-order valence-electron chi connectivity index (χ0n) is 16.6. The van der Waals surface area contributed by atoms with Gasteiger partial charge in [-0.3, -0.25) is 9.59 Å². The van der Waals surface area contributed by atoms with E-state index in [9.17, 15) is 9.59 Å². The van der Waals surface area contributed by atoms with E-state index in [1.165, 1.54) is 12.8 Å². The molecule has 0 unspecified atom stereocenters. The molecular formula is C23H28N3O3. The molecule has 1 fully saturated rings. The minimum Gasteiger partial charge on any atom is -0.489 e. The first-order valence-corrected chi connectivity index (χ1v) is 10.0. The predicted octanol–water partition coefficient (Wildman–Crippen LogP) is 2.32. The second-order valence-corrected chi connectivity index (χ2v) is 7.21. The Hall–Kier alpha value is -2.86. The average Bonchev–Trinajstić information content (AvgIpc) is 3.25. The van der Waals surface area contributed by atoms with Gasteiger partial charge in [0.15, 0.2) is 0 Å². The highest BCUT2D eigenvalue weighted by atomic mass is 16.5. The van der Waals surface area contributed by atoms with Crippen LogP contribution in [0.5, 0.6) is 5.75 Å². The second-order valence-electron chi connectivity index (χ2n) is 7.21. The number of amides is 2. The zero-order chi connectivity index (χ0) is 20.5. The molecule has 0 spiro atoms. The molecule has 6 nitrogen and oxygen atoms in total.